The molecule has 2 rings (SSSR count). The van der Waals surface area contributed by atoms with E-state index in [0.29, 0.717) is 15.8 Å². The number of hydrogen-bond acceptors (Lipinski definition) is 4. The molecule has 2 unspecified atom stereocenters. The van der Waals surface area contributed by atoms with Crippen molar-refractivity contribution in [3.05, 3.63) is 58.1 Å². The van der Waals surface area contributed by atoms with Crippen LogP contribution in [0, 0.1) is 11.3 Å². The van der Waals surface area contributed by atoms with Gasteiger partial charge in [0.15, 0.2) is 6.29 Å². The van der Waals surface area contributed by atoms with Gasteiger partial charge in [-0.1, -0.05) is 87.3 Å². The predicted octanol–water partition coefficient (Wildman–Crippen LogP) is 7.45. The molecule has 0 aliphatic carbocycles. The number of aliphatic imine (C=N–C) groups is 1. The summed E-state index contributed by atoms with van der Waals surface area (Å²) < 4.78 is 0. The Bertz CT molecular complexity index is 906. The maximum Gasteiger partial charge on any atom is 0.164 e. The smallest absolute Gasteiger partial charge is 0.164 e. The summed E-state index contributed by atoms with van der Waals surface area (Å²) >= 11 is 12.3. The molecule has 1 fully saturated rings. The molecule has 1 aromatic carbocycles. The molecule has 1 saturated heterocycles. The molecule has 1 aliphatic rings. The van der Waals surface area contributed by atoms with E-state index in [1.165, 1.54) is 5.56 Å². The molecular formula is C29H43Cl2N3O. The molecule has 0 bridgehead atoms. The Balaban J connectivity index is 2.52. The molecule has 194 valence electrons. The van der Waals surface area contributed by atoms with Crippen LogP contribution < -0.4 is 0 Å². The number of nitrogens with zero attached hydrogens (tertiary/aromatic N) is 3. The van der Waals surface area contributed by atoms with Crippen LogP contribution >= 0.6 is 23.2 Å². The lowest BCUT2D eigenvalue weighted by atomic mass is 9.85. The second kappa shape index (κ2) is 13.2. The van der Waals surface area contributed by atoms with Crippen LogP contribution in [0.15, 0.2) is 57.5 Å². The molecule has 0 amide bonds. The van der Waals surface area contributed by atoms with Gasteiger partial charge in [0.2, 0.25) is 0 Å². The standard InChI is InChI=1S/C29H43Cl2N3O/c1-22(19-25(31)20-23(2)30)26(21-35)32-29(15-17-33(6)18-16-29)34(7)27(13-14-28(3,4)5)24-11-9-8-10-12-24/h8-12,19-22,27H,13-18H2,1-7H3/b23-20+,25-19+,32-26+. The van der Waals surface area contributed by atoms with Crippen LogP contribution in [-0.2, 0) is 4.79 Å². The van der Waals surface area contributed by atoms with E-state index < -0.39 is 5.66 Å². The van der Waals surface area contributed by atoms with Gasteiger partial charge in [-0.05, 0) is 63.8 Å². The molecule has 6 heteroatoms. The predicted molar refractivity (Wildman–Crippen MR) is 151 cm³/mol. The number of likely N-dealkylation sites (tertiary alicyclic amines) is 1. The first-order chi connectivity index (χ1) is 16.4. The third-order valence-electron chi connectivity index (χ3n) is 6.93. The lowest BCUT2D eigenvalue weighted by Gasteiger charge is -2.48. The van der Waals surface area contributed by atoms with Crippen molar-refractivity contribution >= 4 is 35.2 Å². The molecule has 0 saturated carbocycles. The largest absolute Gasteiger partial charge is 0.306 e. The molecular weight excluding hydrogens is 477 g/mol. The third kappa shape index (κ3) is 9.17. The quantitative estimate of drug-likeness (QED) is 0.183. The first kappa shape index (κ1) is 29.8. The lowest BCUT2D eigenvalue weighted by molar-refractivity contribution is -0.103. The van der Waals surface area contributed by atoms with Crippen molar-refractivity contribution in [1.29, 1.82) is 0 Å². The van der Waals surface area contributed by atoms with Gasteiger partial charge in [-0.15, -0.1) is 0 Å². The SMILES string of the molecule is C/C(Cl)=C\C(Cl)=C/C(C)/C(C=O)=N/C1(N(C)C(CCC(C)(C)C)c2ccccc2)CCN(C)CC1. The summed E-state index contributed by atoms with van der Waals surface area (Å²) in [5, 5.41) is 1.11. The Labute approximate surface area is 223 Å². The number of halogens is 2. The first-order valence-electron chi connectivity index (χ1n) is 12.6. The Morgan fingerprint density at radius 1 is 1.20 bits per heavy atom. The van der Waals surface area contributed by atoms with E-state index in [1.807, 2.05) is 13.0 Å². The Kier molecular flexibility index (Phi) is 11.2. The van der Waals surface area contributed by atoms with Gasteiger partial charge in [-0.2, -0.15) is 0 Å². The van der Waals surface area contributed by atoms with Gasteiger partial charge in [0.05, 0.1) is 5.71 Å². The molecule has 4 nitrogen and oxygen atoms in total. The van der Waals surface area contributed by atoms with E-state index in [0.717, 1.165) is 45.1 Å². The van der Waals surface area contributed by atoms with Gasteiger partial charge in [-0.25, -0.2) is 0 Å². The van der Waals surface area contributed by atoms with E-state index >= 15 is 0 Å². The summed E-state index contributed by atoms with van der Waals surface area (Å²) in [6.07, 6.45) is 8.27. The Morgan fingerprint density at radius 2 is 1.80 bits per heavy atom. The van der Waals surface area contributed by atoms with Crippen LogP contribution in [0.2, 0.25) is 0 Å². The van der Waals surface area contributed by atoms with Gasteiger partial charge in [-0.3, -0.25) is 14.7 Å². The molecule has 0 aromatic heterocycles. The summed E-state index contributed by atoms with van der Waals surface area (Å²) in [4.78, 5) is 22.3. The zero-order valence-electron chi connectivity index (χ0n) is 22.5. The molecule has 0 radical (unpaired) electrons. The fourth-order valence-corrected chi connectivity index (χ4v) is 5.20. The molecule has 1 aromatic rings. The molecule has 0 N–H and O–H groups in total. The van der Waals surface area contributed by atoms with E-state index in [2.05, 4.69) is 75.0 Å². The van der Waals surface area contributed by atoms with Gasteiger partial charge >= 0.3 is 0 Å². The third-order valence-corrected chi connectivity index (χ3v) is 7.28. The molecule has 0 spiro atoms. The lowest BCUT2D eigenvalue weighted by Crippen LogP contribution is -2.54. The minimum atomic E-state index is -0.464. The normalized spacial score (nSPS) is 20.1. The second-order valence-corrected chi connectivity index (χ2v) is 12.2. The maximum atomic E-state index is 12.3. The highest BCUT2D eigenvalue weighted by atomic mass is 35.5. The molecule has 35 heavy (non-hydrogen) atoms. The van der Waals surface area contributed by atoms with E-state index in [9.17, 15) is 4.79 Å². The molecule has 2 atom stereocenters. The topological polar surface area (TPSA) is 35.9 Å². The number of carbonyl (C=O) groups is 1. The maximum absolute atomic E-state index is 12.3. The number of benzene rings is 1. The minimum absolute atomic E-state index is 0.201. The van der Waals surface area contributed by atoms with Crippen molar-refractivity contribution in [3.8, 4) is 0 Å². The van der Waals surface area contributed by atoms with Crippen molar-refractivity contribution in [1.82, 2.24) is 9.80 Å². The van der Waals surface area contributed by atoms with E-state index in [-0.39, 0.29) is 17.4 Å². The highest BCUT2D eigenvalue weighted by molar-refractivity contribution is 6.35. The van der Waals surface area contributed by atoms with E-state index in [4.69, 9.17) is 28.2 Å². The van der Waals surface area contributed by atoms with Gasteiger partial charge in [0.25, 0.3) is 0 Å². The fourth-order valence-electron chi connectivity index (χ4n) is 4.68. The number of piperidine rings is 1. The molecule has 1 aliphatic heterocycles. The summed E-state index contributed by atoms with van der Waals surface area (Å²) in [5.74, 6) is -0.220. The summed E-state index contributed by atoms with van der Waals surface area (Å²) in [7, 11) is 4.33. The Hall–Kier alpha value is -1.46. The van der Waals surface area contributed by atoms with Gasteiger partial charge < -0.3 is 4.90 Å². The van der Waals surface area contributed by atoms with Gasteiger partial charge in [0.1, 0.15) is 5.66 Å². The minimum Gasteiger partial charge on any atom is -0.306 e. The average molecular weight is 521 g/mol. The van der Waals surface area contributed by atoms with Crippen LogP contribution in [-0.4, -0.2) is 54.6 Å². The van der Waals surface area contributed by atoms with Crippen molar-refractivity contribution in [2.45, 2.75) is 72.0 Å². The number of carbonyl (C=O) groups excluding carboxylic acids is 1. The zero-order chi connectivity index (χ0) is 26.2. The number of allylic oxidation sites excluding steroid dienone is 4. The second-order valence-electron chi connectivity index (χ2n) is 11.1. The van der Waals surface area contributed by atoms with Crippen molar-refractivity contribution < 1.29 is 4.79 Å². The highest BCUT2D eigenvalue weighted by Crippen LogP contribution is 2.39. The van der Waals surface area contributed by atoms with Crippen LogP contribution in [0.1, 0.15) is 71.9 Å². The monoisotopic (exact) mass is 519 g/mol. The van der Waals surface area contributed by atoms with Crippen LogP contribution in [0.4, 0.5) is 0 Å². The number of aldehydes is 1. The molecule has 1 heterocycles. The Morgan fingerprint density at radius 3 is 2.31 bits per heavy atom. The van der Waals surface area contributed by atoms with E-state index in [1.54, 1.807) is 13.0 Å². The average Bonchev–Trinajstić information content (AvgIpc) is 2.78. The van der Waals surface area contributed by atoms with Crippen molar-refractivity contribution in [2.24, 2.45) is 16.3 Å². The van der Waals surface area contributed by atoms with Crippen molar-refractivity contribution in [3.63, 3.8) is 0 Å². The van der Waals surface area contributed by atoms with Crippen LogP contribution in [0.25, 0.3) is 0 Å². The summed E-state index contributed by atoms with van der Waals surface area (Å²) in [6.45, 7) is 12.5. The first-order valence-corrected chi connectivity index (χ1v) is 13.3. The zero-order valence-corrected chi connectivity index (χ0v) is 24.0. The summed E-state index contributed by atoms with van der Waals surface area (Å²) in [6, 6.07) is 10.9. The van der Waals surface area contributed by atoms with Gasteiger partial charge in [0, 0.05) is 35.1 Å². The van der Waals surface area contributed by atoms with Crippen LogP contribution in [0.5, 0.6) is 0 Å². The van der Waals surface area contributed by atoms with Crippen molar-refractivity contribution in [2.75, 3.05) is 27.2 Å². The summed E-state index contributed by atoms with van der Waals surface area (Å²) in [5.41, 5.74) is 1.57. The highest BCUT2D eigenvalue weighted by Gasteiger charge is 2.41. The fraction of sp³-hybridized carbons (Fsp3) is 0.586. The van der Waals surface area contributed by atoms with Crippen LogP contribution in [0.3, 0.4) is 0 Å². The number of hydrogen-bond donors (Lipinski definition) is 0. The number of rotatable bonds is 10.